The minimum atomic E-state index is -0.548. The number of thioether (sulfide) groups is 1. The first-order valence-corrected chi connectivity index (χ1v) is 13.8. The molecule has 2 aromatic heterocycles. The van der Waals surface area contributed by atoms with Crippen LogP contribution in [0.15, 0.2) is 41.6 Å². The zero-order valence-corrected chi connectivity index (χ0v) is 21.6. The number of rotatable bonds is 6. The summed E-state index contributed by atoms with van der Waals surface area (Å²) < 4.78 is 13.9. The first kappa shape index (κ1) is 23.6. The Morgan fingerprint density at radius 3 is 2.39 bits per heavy atom. The molecule has 36 heavy (non-hydrogen) atoms. The van der Waals surface area contributed by atoms with Crippen molar-refractivity contribution in [3.8, 4) is 28.3 Å². The maximum Gasteiger partial charge on any atom is 0.214 e. The summed E-state index contributed by atoms with van der Waals surface area (Å²) in [6.07, 6.45) is 10.6. The minimum absolute atomic E-state index is 0.0276. The highest BCUT2D eigenvalue weighted by molar-refractivity contribution is 7.98. The van der Waals surface area contributed by atoms with Crippen LogP contribution in [0.1, 0.15) is 52.4 Å². The molecular weight excluding hydrogens is 475 g/mol. The summed E-state index contributed by atoms with van der Waals surface area (Å²) in [5.74, 6) is 0.662. The van der Waals surface area contributed by atoms with E-state index >= 15 is 0 Å². The smallest absolute Gasteiger partial charge is 0.214 e. The Morgan fingerprint density at radius 2 is 1.78 bits per heavy atom. The van der Waals surface area contributed by atoms with Gasteiger partial charge in [0.05, 0.1) is 16.8 Å². The Bertz CT molecular complexity index is 1280. The highest BCUT2D eigenvalue weighted by Gasteiger charge is 2.51. The number of piperidine rings is 1. The van der Waals surface area contributed by atoms with E-state index in [2.05, 4.69) is 44.2 Å². The number of hydrogen-bond donors (Lipinski definition) is 2. The molecule has 1 aromatic carbocycles. The minimum Gasteiger partial charge on any atom is -0.507 e. The van der Waals surface area contributed by atoms with E-state index in [-0.39, 0.29) is 16.8 Å². The second-order valence-electron chi connectivity index (χ2n) is 11.0. The SMILES string of the molecule is CSc1cc(-c2ccc(-c3ncc(N(C4CC4)[C@H]4C[C@]5(C)CC[C@](C)(C4)N5)nn3)c(O)c2)cc(F)n1. The molecule has 0 spiro atoms. The van der Waals surface area contributed by atoms with E-state index in [1.54, 1.807) is 24.4 Å². The average Bonchev–Trinajstić information content (AvgIpc) is 3.64. The van der Waals surface area contributed by atoms with Gasteiger partial charge in [0.1, 0.15) is 5.75 Å². The van der Waals surface area contributed by atoms with Crippen LogP contribution < -0.4 is 10.2 Å². The van der Waals surface area contributed by atoms with E-state index in [1.165, 1.54) is 43.5 Å². The lowest BCUT2D eigenvalue weighted by Gasteiger charge is -2.46. The average molecular weight is 507 g/mol. The van der Waals surface area contributed by atoms with Crippen molar-refractivity contribution in [3.05, 3.63) is 42.5 Å². The van der Waals surface area contributed by atoms with Crippen LogP contribution in [0.25, 0.3) is 22.5 Å². The van der Waals surface area contributed by atoms with E-state index in [0.717, 1.165) is 18.7 Å². The highest BCUT2D eigenvalue weighted by atomic mass is 32.2. The molecule has 188 valence electrons. The molecule has 2 N–H and O–H groups in total. The van der Waals surface area contributed by atoms with Crippen LogP contribution in [0.4, 0.5) is 10.2 Å². The second-order valence-corrected chi connectivity index (χ2v) is 11.9. The van der Waals surface area contributed by atoms with E-state index in [0.29, 0.717) is 39.6 Å². The molecule has 6 rings (SSSR count). The van der Waals surface area contributed by atoms with Crippen molar-refractivity contribution in [2.24, 2.45) is 0 Å². The molecule has 7 nitrogen and oxygen atoms in total. The van der Waals surface area contributed by atoms with Crippen molar-refractivity contribution in [2.75, 3.05) is 11.2 Å². The number of nitrogens with one attached hydrogen (secondary N) is 1. The molecular formula is C27H31FN6OS. The fraction of sp³-hybridized carbons (Fsp3) is 0.481. The third-order valence-electron chi connectivity index (χ3n) is 7.90. The van der Waals surface area contributed by atoms with Crippen LogP contribution in [0, 0.1) is 5.95 Å². The Labute approximate surface area is 215 Å². The standard InChI is InChI=1S/C27H31FN6OS/c1-26-8-9-27(2,33-26)14-19(13-26)34(18-5-6-18)23-15-29-25(32-31-23)20-7-4-16(10-21(20)35)17-11-22(28)30-24(12-17)36-3/h4,7,10-12,15,18-19,33,35H,5-6,8-9,13-14H2,1-3H3/t19-,26-,27+. The van der Waals surface area contributed by atoms with Crippen molar-refractivity contribution in [1.82, 2.24) is 25.5 Å². The molecule has 2 aliphatic heterocycles. The van der Waals surface area contributed by atoms with Crippen LogP contribution in [0.3, 0.4) is 0 Å². The molecule has 3 aromatic rings. The lowest BCUT2D eigenvalue weighted by molar-refractivity contribution is 0.203. The number of phenols is 1. The summed E-state index contributed by atoms with van der Waals surface area (Å²) in [7, 11) is 0. The fourth-order valence-electron chi connectivity index (χ4n) is 6.20. The van der Waals surface area contributed by atoms with E-state index in [1.807, 2.05) is 12.3 Å². The third kappa shape index (κ3) is 4.43. The molecule has 2 bridgehead atoms. The Morgan fingerprint density at radius 1 is 1.03 bits per heavy atom. The first-order valence-electron chi connectivity index (χ1n) is 12.6. The zero-order chi connectivity index (χ0) is 25.1. The van der Waals surface area contributed by atoms with Gasteiger partial charge in [-0.05, 0) is 88.0 Å². The quantitative estimate of drug-likeness (QED) is 0.349. The van der Waals surface area contributed by atoms with Crippen LogP contribution in [-0.4, -0.2) is 54.7 Å². The van der Waals surface area contributed by atoms with Gasteiger partial charge >= 0.3 is 0 Å². The van der Waals surface area contributed by atoms with Crippen molar-refractivity contribution in [3.63, 3.8) is 0 Å². The van der Waals surface area contributed by atoms with Gasteiger partial charge in [0.15, 0.2) is 11.6 Å². The first-order chi connectivity index (χ1) is 17.2. The van der Waals surface area contributed by atoms with Gasteiger partial charge in [0, 0.05) is 29.2 Å². The molecule has 0 unspecified atom stereocenters. The maximum absolute atomic E-state index is 13.9. The van der Waals surface area contributed by atoms with E-state index in [4.69, 9.17) is 0 Å². The Kier molecular flexibility index (Phi) is 5.68. The summed E-state index contributed by atoms with van der Waals surface area (Å²) in [4.78, 5) is 10.9. The summed E-state index contributed by atoms with van der Waals surface area (Å²) in [6, 6.07) is 9.27. The summed E-state index contributed by atoms with van der Waals surface area (Å²) in [5.41, 5.74) is 2.19. The Hall–Kier alpha value is -2.78. The van der Waals surface area contributed by atoms with Gasteiger partial charge in [-0.15, -0.1) is 22.0 Å². The predicted molar refractivity (Wildman–Crippen MR) is 140 cm³/mol. The van der Waals surface area contributed by atoms with Crippen LogP contribution in [-0.2, 0) is 0 Å². The number of aromatic nitrogens is 4. The number of benzene rings is 1. The molecule has 3 aliphatic rings. The van der Waals surface area contributed by atoms with Gasteiger partial charge in [0.2, 0.25) is 5.95 Å². The Balaban J connectivity index is 1.26. The number of pyridine rings is 1. The number of phenolic OH excluding ortho intramolecular Hbond substituents is 1. The van der Waals surface area contributed by atoms with Gasteiger partial charge in [0.25, 0.3) is 0 Å². The maximum atomic E-state index is 13.9. The number of nitrogens with zero attached hydrogens (tertiary/aromatic N) is 5. The molecule has 1 saturated carbocycles. The molecule has 9 heteroatoms. The predicted octanol–water partition coefficient (Wildman–Crippen LogP) is 5.20. The lowest BCUT2D eigenvalue weighted by atomic mass is 9.84. The molecule has 0 amide bonds. The summed E-state index contributed by atoms with van der Waals surface area (Å²) >= 11 is 1.37. The van der Waals surface area contributed by atoms with Gasteiger partial charge in [-0.2, -0.15) is 4.39 Å². The van der Waals surface area contributed by atoms with Gasteiger partial charge in [-0.3, -0.25) is 0 Å². The van der Waals surface area contributed by atoms with Gasteiger partial charge in [-0.25, -0.2) is 9.97 Å². The molecule has 1 aliphatic carbocycles. The van der Waals surface area contributed by atoms with Gasteiger partial charge < -0.3 is 15.3 Å². The second kappa shape index (κ2) is 8.66. The molecule has 3 fully saturated rings. The summed E-state index contributed by atoms with van der Waals surface area (Å²) in [6.45, 7) is 4.69. The van der Waals surface area contributed by atoms with Crippen molar-refractivity contribution in [2.45, 2.75) is 80.6 Å². The normalized spacial score (nSPS) is 27.3. The number of halogens is 1. The lowest BCUT2D eigenvalue weighted by Crippen LogP contribution is -2.59. The largest absolute Gasteiger partial charge is 0.507 e. The highest BCUT2D eigenvalue weighted by Crippen LogP contribution is 2.46. The fourth-order valence-corrected chi connectivity index (χ4v) is 6.62. The number of aromatic hydroxyl groups is 1. The van der Waals surface area contributed by atoms with E-state index < -0.39 is 5.95 Å². The number of anilines is 1. The van der Waals surface area contributed by atoms with Crippen LogP contribution >= 0.6 is 11.8 Å². The third-order valence-corrected chi connectivity index (χ3v) is 8.53. The molecule has 2 saturated heterocycles. The molecule has 0 radical (unpaired) electrons. The summed E-state index contributed by atoms with van der Waals surface area (Å²) in [5, 5.41) is 24.2. The van der Waals surface area contributed by atoms with Crippen molar-refractivity contribution in [1.29, 1.82) is 0 Å². The monoisotopic (exact) mass is 506 g/mol. The van der Waals surface area contributed by atoms with Gasteiger partial charge in [-0.1, -0.05) is 6.07 Å². The van der Waals surface area contributed by atoms with Crippen molar-refractivity contribution < 1.29 is 9.50 Å². The number of fused-ring (bicyclic) bond motifs is 2. The zero-order valence-electron chi connectivity index (χ0n) is 20.8. The van der Waals surface area contributed by atoms with Crippen molar-refractivity contribution >= 4 is 17.6 Å². The van der Waals surface area contributed by atoms with Crippen LogP contribution in [0.5, 0.6) is 5.75 Å². The molecule has 4 heterocycles. The molecule has 3 atom stereocenters. The van der Waals surface area contributed by atoms with Crippen LogP contribution in [0.2, 0.25) is 0 Å². The number of hydrogen-bond acceptors (Lipinski definition) is 8. The topological polar surface area (TPSA) is 87.1 Å². The van der Waals surface area contributed by atoms with E-state index in [9.17, 15) is 9.50 Å².